The largest absolute Gasteiger partial charge is 0.382 e. The zero-order valence-electron chi connectivity index (χ0n) is 15.1. The standard InChI is InChI=1S/C21H21N3O2S/c1-2-26-13-7-12-24-17-10-5-4-9-16(17)22-21(24)23-20(25)19-14-15-8-3-6-11-18(15)27-19/h3-6,8-11,14H,2,7,12-13H2,1H3,(H,22,23,25). The quantitative estimate of drug-likeness (QED) is 0.463. The van der Waals surface area contributed by atoms with Crippen LogP contribution in [0.2, 0.25) is 0 Å². The molecule has 2 aromatic carbocycles. The number of amides is 1. The van der Waals surface area contributed by atoms with Gasteiger partial charge in [-0.15, -0.1) is 11.3 Å². The maximum atomic E-state index is 12.8. The molecule has 0 saturated carbocycles. The van der Waals surface area contributed by atoms with E-state index in [1.807, 2.05) is 61.5 Å². The Hall–Kier alpha value is -2.70. The Morgan fingerprint density at radius 1 is 1.19 bits per heavy atom. The van der Waals surface area contributed by atoms with Crippen LogP contribution in [0.25, 0.3) is 21.1 Å². The molecule has 4 aromatic rings. The summed E-state index contributed by atoms with van der Waals surface area (Å²) in [6.07, 6.45) is 0.861. The Bertz CT molecular complexity index is 1050. The first-order valence-corrected chi connectivity index (χ1v) is 9.91. The summed E-state index contributed by atoms with van der Waals surface area (Å²) in [4.78, 5) is 18.1. The molecule has 0 fully saturated rings. The predicted octanol–water partition coefficient (Wildman–Crippen LogP) is 4.93. The molecule has 0 saturated heterocycles. The molecule has 0 unspecified atom stereocenters. The van der Waals surface area contributed by atoms with Crippen LogP contribution in [-0.4, -0.2) is 28.7 Å². The number of carbonyl (C=O) groups excluding carboxylic acids is 1. The number of ether oxygens (including phenoxy) is 1. The fourth-order valence-corrected chi connectivity index (χ4v) is 4.08. The van der Waals surface area contributed by atoms with Crippen LogP contribution in [0.3, 0.4) is 0 Å². The van der Waals surface area contributed by atoms with Gasteiger partial charge < -0.3 is 9.30 Å². The fourth-order valence-electron chi connectivity index (χ4n) is 3.12. The van der Waals surface area contributed by atoms with Crippen LogP contribution in [0.4, 0.5) is 5.95 Å². The zero-order chi connectivity index (χ0) is 18.6. The van der Waals surface area contributed by atoms with Gasteiger partial charge in [0.15, 0.2) is 0 Å². The second kappa shape index (κ2) is 7.90. The van der Waals surface area contributed by atoms with E-state index < -0.39 is 0 Å². The van der Waals surface area contributed by atoms with E-state index in [0.29, 0.717) is 24.0 Å². The van der Waals surface area contributed by atoms with Crippen molar-refractivity contribution in [3.63, 3.8) is 0 Å². The molecule has 5 nitrogen and oxygen atoms in total. The van der Waals surface area contributed by atoms with Crippen molar-refractivity contribution in [1.29, 1.82) is 0 Å². The average Bonchev–Trinajstić information content (AvgIpc) is 3.27. The Balaban J connectivity index is 1.60. The summed E-state index contributed by atoms with van der Waals surface area (Å²) in [5.41, 5.74) is 1.89. The minimum absolute atomic E-state index is 0.127. The highest BCUT2D eigenvalue weighted by Crippen LogP contribution is 2.27. The zero-order valence-corrected chi connectivity index (χ0v) is 16.0. The minimum Gasteiger partial charge on any atom is -0.382 e. The molecule has 0 aliphatic rings. The van der Waals surface area contributed by atoms with Crippen LogP contribution in [-0.2, 0) is 11.3 Å². The Kier molecular flexibility index (Phi) is 5.18. The number of hydrogen-bond acceptors (Lipinski definition) is 4. The maximum Gasteiger partial charge on any atom is 0.268 e. The third-order valence-electron chi connectivity index (χ3n) is 4.40. The van der Waals surface area contributed by atoms with Gasteiger partial charge in [0.1, 0.15) is 0 Å². The van der Waals surface area contributed by atoms with E-state index in [1.165, 1.54) is 11.3 Å². The third kappa shape index (κ3) is 3.72. The van der Waals surface area contributed by atoms with E-state index in [1.54, 1.807) is 0 Å². The highest BCUT2D eigenvalue weighted by atomic mass is 32.1. The van der Waals surface area contributed by atoms with E-state index in [0.717, 1.165) is 34.1 Å². The summed E-state index contributed by atoms with van der Waals surface area (Å²) in [7, 11) is 0. The molecule has 0 aliphatic heterocycles. The highest BCUT2D eigenvalue weighted by molar-refractivity contribution is 7.20. The van der Waals surface area contributed by atoms with E-state index in [9.17, 15) is 4.79 Å². The summed E-state index contributed by atoms with van der Waals surface area (Å²) in [6, 6.07) is 17.9. The molecule has 6 heteroatoms. The van der Waals surface area contributed by atoms with Crippen molar-refractivity contribution in [2.24, 2.45) is 0 Å². The lowest BCUT2D eigenvalue weighted by Crippen LogP contribution is -2.15. The maximum absolute atomic E-state index is 12.8. The SMILES string of the molecule is CCOCCCn1c(NC(=O)c2cc3ccccc3s2)nc2ccccc21. The van der Waals surface area contributed by atoms with Crippen molar-refractivity contribution < 1.29 is 9.53 Å². The summed E-state index contributed by atoms with van der Waals surface area (Å²) < 4.78 is 8.61. The van der Waals surface area contributed by atoms with Gasteiger partial charge in [0.05, 0.1) is 15.9 Å². The lowest BCUT2D eigenvalue weighted by Gasteiger charge is -2.09. The van der Waals surface area contributed by atoms with Gasteiger partial charge in [-0.05, 0) is 43.0 Å². The molecule has 0 spiro atoms. The number of rotatable bonds is 7. The number of imidazole rings is 1. The lowest BCUT2D eigenvalue weighted by atomic mass is 10.2. The first-order valence-electron chi connectivity index (χ1n) is 9.09. The van der Waals surface area contributed by atoms with Crippen molar-refractivity contribution >= 4 is 44.3 Å². The second-order valence-electron chi connectivity index (χ2n) is 6.23. The Morgan fingerprint density at radius 2 is 2.00 bits per heavy atom. The number of carbonyl (C=O) groups is 1. The number of nitrogens with one attached hydrogen (secondary N) is 1. The van der Waals surface area contributed by atoms with Crippen molar-refractivity contribution in [1.82, 2.24) is 9.55 Å². The van der Waals surface area contributed by atoms with E-state index in [2.05, 4.69) is 14.9 Å². The van der Waals surface area contributed by atoms with E-state index in [-0.39, 0.29) is 5.91 Å². The van der Waals surface area contributed by atoms with Crippen molar-refractivity contribution in [2.45, 2.75) is 19.9 Å². The fraction of sp³-hybridized carbons (Fsp3) is 0.238. The number of thiophene rings is 1. The number of hydrogen-bond donors (Lipinski definition) is 1. The number of anilines is 1. The molecule has 1 N–H and O–H groups in total. The van der Waals surface area contributed by atoms with Crippen LogP contribution < -0.4 is 5.32 Å². The van der Waals surface area contributed by atoms with Gasteiger partial charge in [0.2, 0.25) is 5.95 Å². The summed E-state index contributed by atoms with van der Waals surface area (Å²) >= 11 is 1.49. The van der Waals surface area contributed by atoms with Crippen LogP contribution in [0.15, 0.2) is 54.6 Å². The van der Waals surface area contributed by atoms with Crippen molar-refractivity contribution in [3.8, 4) is 0 Å². The average molecular weight is 379 g/mol. The number of aromatic nitrogens is 2. The van der Waals surface area contributed by atoms with Crippen molar-refractivity contribution in [2.75, 3.05) is 18.5 Å². The summed E-state index contributed by atoms with van der Waals surface area (Å²) in [5.74, 6) is 0.452. The van der Waals surface area contributed by atoms with Gasteiger partial charge in [-0.3, -0.25) is 10.1 Å². The van der Waals surface area contributed by atoms with Gasteiger partial charge in [-0.1, -0.05) is 30.3 Å². The number of fused-ring (bicyclic) bond motifs is 2. The number of para-hydroxylation sites is 2. The van der Waals surface area contributed by atoms with Crippen LogP contribution in [0.1, 0.15) is 23.0 Å². The van der Waals surface area contributed by atoms with E-state index >= 15 is 0 Å². The minimum atomic E-state index is -0.127. The molecule has 1 amide bonds. The molecule has 4 rings (SSSR count). The Labute approximate surface area is 161 Å². The van der Waals surface area contributed by atoms with Gasteiger partial charge in [-0.25, -0.2) is 4.98 Å². The molecule has 0 aliphatic carbocycles. The molecule has 0 atom stereocenters. The highest BCUT2D eigenvalue weighted by Gasteiger charge is 2.16. The topological polar surface area (TPSA) is 56.1 Å². The number of aryl methyl sites for hydroxylation is 1. The van der Waals surface area contributed by atoms with Crippen LogP contribution in [0, 0.1) is 0 Å². The molecule has 2 aromatic heterocycles. The van der Waals surface area contributed by atoms with Crippen LogP contribution >= 0.6 is 11.3 Å². The first kappa shape index (κ1) is 17.7. The molecular formula is C21H21N3O2S. The normalized spacial score (nSPS) is 11.3. The molecular weight excluding hydrogens is 358 g/mol. The summed E-state index contributed by atoms with van der Waals surface area (Å²) in [6.45, 7) is 4.12. The number of benzene rings is 2. The van der Waals surface area contributed by atoms with Gasteiger partial charge in [0.25, 0.3) is 5.91 Å². The molecule has 138 valence electrons. The number of nitrogens with zero attached hydrogens (tertiary/aromatic N) is 2. The van der Waals surface area contributed by atoms with Gasteiger partial charge >= 0.3 is 0 Å². The van der Waals surface area contributed by atoms with Gasteiger partial charge in [-0.2, -0.15) is 0 Å². The molecule has 27 heavy (non-hydrogen) atoms. The van der Waals surface area contributed by atoms with Gasteiger partial charge in [0, 0.05) is 24.5 Å². The molecule has 0 radical (unpaired) electrons. The first-order chi connectivity index (χ1) is 13.3. The third-order valence-corrected chi connectivity index (χ3v) is 5.52. The molecule has 0 bridgehead atoms. The Morgan fingerprint density at radius 3 is 2.85 bits per heavy atom. The molecule has 2 heterocycles. The van der Waals surface area contributed by atoms with E-state index in [4.69, 9.17) is 4.74 Å². The summed E-state index contributed by atoms with van der Waals surface area (Å²) in [5, 5.41) is 4.08. The van der Waals surface area contributed by atoms with Crippen LogP contribution in [0.5, 0.6) is 0 Å². The monoisotopic (exact) mass is 379 g/mol. The smallest absolute Gasteiger partial charge is 0.268 e. The van der Waals surface area contributed by atoms with Crippen molar-refractivity contribution in [3.05, 3.63) is 59.5 Å². The predicted molar refractivity (Wildman–Crippen MR) is 111 cm³/mol. The lowest BCUT2D eigenvalue weighted by molar-refractivity contribution is 0.102. The second-order valence-corrected chi connectivity index (χ2v) is 7.31.